The minimum atomic E-state index is -0.472. The van der Waals surface area contributed by atoms with Crippen LogP contribution in [-0.4, -0.2) is 19.0 Å². The van der Waals surface area contributed by atoms with Gasteiger partial charge >= 0.3 is 0 Å². The number of carbonyl (C=O) groups excluding carboxylic acids is 1. The molecule has 1 aliphatic carbocycles. The molecule has 1 fully saturated rings. The molecule has 0 heterocycles. The van der Waals surface area contributed by atoms with E-state index in [9.17, 15) is 4.79 Å². The van der Waals surface area contributed by atoms with Gasteiger partial charge in [0, 0.05) is 7.11 Å². The zero-order valence-corrected chi connectivity index (χ0v) is 4.23. The molecule has 2 nitrogen and oxygen atoms in total. The molecule has 0 bridgehead atoms. The second-order valence-corrected chi connectivity index (χ2v) is 1.80. The quantitative estimate of drug-likeness (QED) is 0.497. The molecule has 0 aromatic carbocycles. The zero-order valence-electron chi connectivity index (χ0n) is 4.23. The first kappa shape index (κ1) is 4.78. The van der Waals surface area contributed by atoms with Gasteiger partial charge in [-0.2, -0.15) is 0 Å². The van der Waals surface area contributed by atoms with Gasteiger partial charge in [-0.1, -0.05) is 0 Å². The normalized spacial score (nSPS) is 24.1. The van der Waals surface area contributed by atoms with Gasteiger partial charge in [-0.05, 0) is 12.8 Å². The summed E-state index contributed by atoms with van der Waals surface area (Å²) >= 11 is 0. The Kier molecular flexibility index (Phi) is 0.889. The molecule has 0 spiro atoms. The van der Waals surface area contributed by atoms with Crippen molar-refractivity contribution >= 4 is 6.29 Å². The van der Waals surface area contributed by atoms with E-state index in [2.05, 4.69) is 0 Å². The minimum absolute atomic E-state index is 0.472. The Labute approximate surface area is 42.5 Å². The molecule has 39 valence electrons. The molecular formula is C5H7O2. The first-order valence-electron chi connectivity index (χ1n) is 2.27. The fraction of sp³-hybridized carbons (Fsp3) is 0.800. The Balaban J connectivity index is 2.42. The molecule has 0 atom stereocenters. The summed E-state index contributed by atoms with van der Waals surface area (Å²) in [6.07, 6.45) is 3.54. The Morgan fingerprint density at radius 2 is 2.29 bits per heavy atom. The number of hydrogen-bond acceptors (Lipinski definition) is 2. The van der Waals surface area contributed by atoms with Crippen molar-refractivity contribution in [3.8, 4) is 0 Å². The Bertz CT molecular complexity index is 84.1. The van der Waals surface area contributed by atoms with Crippen LogP contribution in [0.15, 0.2) is 0 Å². The minimum Gasteiger partial charge on any atom is -0.370 e. The highest BCUT2D eigenvalue weighted by Crippen LogP contribution is 2.36. The molecule has 1 rings (SSSR count). The summed E-state index contributed by atoms with van der Waals surface area (Å²) in [5.74, 6) is 0. The highest BCUT2D eigenvalue weighted by molar-refractivity contribution is 5.67. The highest BCUT2D eigenvalue weighted by Gasteiger charge is 2.43. The van der Waals surface area contributed by atoms with E-state index in [-0.39, 0.29) is 0 Å². The van der Waals surface area contributed by atoms with Crippen molar-refractivity contribution in [1.82, 2.24) is 0 Å². The van der Waals surface area contributed by atoms with Gasteiger partial charge in [0.25, 0.3) is 0 Å². The van der Waals surface area contributed by atoms with Crippen molar-refractivity contribution in [2.75, 3.05) is 7.11 Å². The predicted octanol–water partition coefficient (Wildman–Crippen LogP) is 0.275. The van der Waals surface area contributed by atoms with Gasteiger partial charge < -0.3 is 4.74 Å². The average molecular weight is 99.1 g/mol. The molecular weight excluding hydrogens is 92.1 g/mol. The molecule has 0 aliphatic heterocycles. The lowest BCUT2D eigenvalue weighted by molar-refractivity contribution is 0.133. The lowest BCUT2D eigenvalue weighted by atomic mass is 10.4. The topological polar surface area (TPSA) is 26.3 Å². The van der Waals surface area contributed by atoms with Crippen molar-refractivity contribution in [3.63, 3.8) is 0 Å². The summed E-state index contributed by atoms with van der Waals surface area (Å²) in [6, 6.07) is 0. The van der Waals surface area contributed by atoms with Crippen LogP contribution < -0.4 is 0 Å². The van der Waals surface area contributed by atoms with E-state index in [1.807, 2.05) is 6.29 Å². The van der Waals surface area contributed by atoms with Crippen molar-refractivity contribution < 1.29 is 9.53 Å². The largest absolute Gasteiger partial charge is 0.370 e. The third-order valence-electron chi connectivity index (χ3n) is 1.28. The van der Waals surface area contributed by atoms with Gasteiger partial charge in [-0.15, -0.1) is 0 Å². The number of methoxy groups -OCH3 is 1. The summed E-state index contributed by atoms with van der Waals surface area (Å²) < 4.78 is 4.77. The number of hydrogen-bond donors (Lipinski definition) is 0. The second-order valence-electron chi connectivity index (χ2n) is 1.80. The van der Waals surface area contributed by atoms with Crippen molar-refractivity contribution in [3.05, 3.63) is 0 Å². The van der Waals surface area contributed by atoms with Crippen LogP contribution >= 0.6 is 0 Å². The van der Waals surface area contributed by atoms with Gasteiger partial charge in [0.2, 0.25) is 6.29 Å². The maximum Gasteiger partial charge on any atom is 0.233 e. The van der Waals surface area contributed by atoms with Crippen LogP contribution in [0.25, 0.3) is 0 Å². The van der Waals surface area contributed by atoms with Gasteiger partial charge in [0.15, 0.2) is 0 Å². The van der Waals surface area contributed by atoms with Crippen LogP contribution in [0, 0.1) is 0 Å². The fourth-order valence-corrected chi connectivity index (χ4v) is 0.461. The fourth-order valence-electron chi connectivity index (χ4n) is 0.461. The van der Waals surface area contributed by atoms with E-state index in [1.54, 1.807) is 0 Å². The molecule has 2 heteroatoms. The predicted molar refractivity (Wildman–Crippen MR) is 24.7 cm³/mol. The van der Waals surface area contributed by atoms with Gasteiger partial charge in [-0.25, -0.2) is 0 Å². The summed E-state index contributed by atoms with van der Waals surface area (Å²) in [5.41, 5.74) is -0.472. The maximum atomic E-state index is 9.87. The first-order valence-corrected chi connectivity index (χ1v) is 2.27. The Morgan fingerprint density at radius 3 is 2.29 bits per heavy atom. The van der Waals surface area contributed by atoms with E-state index >= 15 is 0 Å². The SMILES string of the molecule is COC1([C]=O)CC1. The molecule has 7 heavy (non-hydrogen) atoms. The average Bonchev–Trinajstić information content (AvgIpc) is 2.46. The first-order chi connectivity index (χ1) is 3.33. The summed E-state index contributed by atoms with van der Waals surface area (Å²) in [4.78, 5) is 9.87. The van der Waals surface area contributed by atoms with Crippen molar-refractivity contribution in [2.24, 2.45) is 0 Å². The molecule has 1 radical (unpaired) electrons. The van der Waals surface area contributed by atoms with Crippen LogP contribution in [0.3, 0.4) is 0 Å². The van der Waals surface area contributed by atoms with E-state index in [0.29, 0.717) is 0 Å². The van der Waals surface area contributed by atoms with Crippen molar-refractivity contribution in [2.45, 2.75) is 18.4 Å². The number of rotatable bonds is 2. The van der Waals surface area contributed by atoms with E-state index in [1.165, 1.54) is 7.11 Å². The Hall–Kier alpha value is -0.370. The zero-order chi connectivity index (χ0) is 5.33. The molecule has 0 aromatic heterocycles. The smallest absolute Gasteiger partial charge is 0.233 e. The van der Waals surface area contributed by atoms with E-state index in [0.717, 1.165) is 12.8 Å². The Morgan fingerprint density at radius 1 is 1.71 bits per heavy atom. The van der Waals surface area contributed by atoms with Crippen LogP contribution in [0.2, 0.25) is 0 Å². The second kappa shape index (κ2) is 1.30. The molecule has 0 N–H and O–H groups in total. The summed E-state index contributed by atoms with van der Waals surface area (Å²) in [7, 11) is 1.54. The number of ether oxygens (including phenoxy) is 1. The standard InChI is InChI=1S/C5H7O2/c1-7-5(4-6)2-3-5/h2-3H2,1H3. The monoisotopic (exact) mass is 99.0 g/mol. The molecule has 0 unspecified atom stereocenters. The summed E-state index contributed by atoms with van der Waals surface area (Å²) in [5, 5.41) is 0. The lowest BCUT2D eigenvalue weighted by Gasteiger charge is -1.97. The van der Waals surface area contributed by atoms with Gasteiger partial charge in [0.05, 0.1) is 0 Å². The highest BCUT2D eigenvalue weighted by atomic mass is 16.5. The maximum absolute atomic E-state index is 9.87. The van der Waals surface area contributed by atoms with E-state index in [4.69, 9.17) is 4.74 Å². The van der Waals surface area contributed by atoms with E-state index < -0.39 is 5.60 Å². The molecule has 1 saturated carbocycles. The third-order valence-corrected chi connectivity index (χ3v) is 1.28. The molecule has 0 aromatic rings. The molecule has 1 aliphatic rings. The van der Waals surface area contributed by atoms with Crippen LogP contribution in [0.5, 0.6) is 0 Å². The van der Waals surface area contributed by atoms with Crippen LogP contribution in [0.4, 0.5) is 0 Å². The third kappa shape index (κ3) is 0.657. The van der Waals surface area contributed by atoms with Gasteiger partial charge in [-0.3, -0.25) is 4.79 Å². The molecule has 0 amide bonds. The lowest BCUT2D eigenvalue weighted by Crippen LogP contribution is -2.11. The molecule has 0 saturated heterocycles. The summed E-state index contributed by atoms with van der Waals surface area (Å²) in [6.45, 7) is 0. The van der Waals surface area contributed by atoms with Gasteiger partial charge in [0.1, 0.15) is 5.60 Å². The van der Waals surface area contributed by atoms with Crippen LogP contribution in [-0.2, 0) is 9.53 Å². The van der Waals surface area contributed by atoms with Crippen molar-refractivity contribution in [1.29, 1.82) is 0 Å². The van der Waals surface area contributed by atoms with Crippen LogP contribution in [0.1, 0.15) is 12.8 Å².